The van der Waals surface area contributed by atoms with Gasteiger partial charge in [-0.2, -0.15) is 0 Å². The van der Waals surface area contributed by atoms with Gasteiger partial charge < -0.3 is 15.0 Å². The van der Waals surface area contributed by atoms with Crippen LogP contribution in [0.4, 0.5) is 0 Å². The van der Waals surface area contributed by atoms with Gasteiger partial charge in [-0.1, -0.05) is 42.2 Å². The second-order valence-electron chi connectivity index (χ2n) is 4.73. The van der Waals surface area contributed by atoms with Crippen LogP contribution in [0.2, 0.25) is 0 Å². The number of hydrogen-bond donors (Lipinski definition) is 1. The molecule has 6 heteroatoms. The van der Waals surface area contributed by atoms with Crippen LogP contribution >= 0.6 is 24.0 Å². The lowest BCUT2D eigenvalue weighted by molar-refractivity contribution is -0.120. The summed E-state index contributed by atoms with van der Waals surface area (Å²) in [5, 5.41) is 2.72. The number of thiocarbonyl (C=S) groups is 1. The highest BCUT2D eigenvalue weighted by Crippen LogP contribution is 2.19. The minimum absolute atomic E-state index is 0.0228. The van der Waals surface area contributed by atoms with Crippen molar-refractivity contribution in [3.63, 3.8) is 0 Å². The zero-order valence-electron chi connectivity index (χ0n) is 13.6. The van der Waals surface area contributed by atoms with E-state index >= 15 is 0 Å². The summed E-state index contributed by atoms with van der Waals surface area (Å²) in [4.78, 5) is 14.3. The number of nitrogens with one attached hydrogen (secondary N) is 1. The number of benzene rings is 1. The van der Waals surface area contributed by atoms with Gasteiger partial charge in [-0.15, -0.1) is 0 Å². The SMILES string of the molecule is CCN(CC)C(=S)S[C@@H](C)C(=O)NCc1ccccc1OC. The predicted octanol–water partition coefficient (Wildman–Crippen LogP) is 3.06. The number of hydrogen-bond acceptors (Lipinski definition) is 4. The van der Waals surface area contributed by atoms with E-state index in [2.05, 4.69) is 24.1 Å². The van der Waals surface area contributed by atoms with Crippen LogP contribution in [-0.2, 0) is 11.3 Å². The first-order valence-corrected chi connectivity index (χ1v) is 8.67. The Morgan fingerprint density at radius 3 is 2.59 bits per heavy atom. The molecular formula is C16H24N2O2S2. The summed E-state index contributed by atoms with van der Waals surface area (Å²) in [6.07, 6.45) is 0. The first-order chi connectivity index (χ1) is 10.5. The summed E-state index contributed by atoms with van der Waals surface area (Å²) in [6, 6.07) is 7.66. The quantitative estimate of drug-likeness (QED) is 0.773. The Kier molecular flexibility index (Phi) is 8.27. The molecule has 0 radical (unpaired) electrons. The maximum Gasteiger partial charge on any atom is 0.233 e. The number of carbonyl (C=O) groups is 1. The molecule has 0 aliphatic heterocycles. The van der Waals surface area contributed by atoms with Gasteiger partial charge in [0.25, 0.3) is 0 Å². The fourth-order valence-electron chi connectivity index (χ4n) is 1.94. The molecule has 0 heterocycles. The van der Waals surface area contributed by atoms with Crippen molar-refractivity contribution in [2.75, 3.05) is 20.2 Å². The monoisotopic (exact) mass is 340 g/mol. The molecule has 4 nitrogen and oxygen atoms in total. The molecule has 1 rings (SSSR count). The Balaban J connectivity index is 2.52. The number of carbonyl (C=O) groups excluding carboxylic acids is 1. The molecule has 1 aromatic rings. The van der Waals surface area contributed by atoms with E-state index in [-0.39, 0.29) is 11.2 Å². The molecule has 122 valence electrons. The molecule has 0 aromatic heterocycles. The molecule has 0 spiro atoms. The standard InChI is InChI=1S/C16H24N2O2S2/c1-5-18(6-2)16(21)22-12(3)15(19)17-11-13-9-7-8-10-14(13)20-4/h7-10,12H,5-6,11H2,1-4H3,(H,17,19)/t12-/m0/s1. The second-order valence-corrected chi connectivity index (χ2v) is 6.70. The summed E-state index contributed by atoms with van der Waals surface area (Å²) in [5.74, 6) is 0.757. The van der Waals surface area contributed by atoms with Gasteiger partial charge in [-0.25, -0.2) is 0 Å². The molecule has 0 saturated carbocycles. The van der Waals surface area contributed by atoms with Crippen molar-refractivity contribution in [3.8, 4) is 5.75 Å². The van der Waals surface area contributed by atoms with Crippen LogP contribution in [0.3, 0.4) is 0 Å². The van der Waals surface area contributed by atoms with E-state index in [9.17, 15) is 4.79 Å². The minimum Gasteiger partial charge on any atom is -0.496 e. The summed E-state index contributed by atoms with van der Waals surface area (Å²) >= 11 is 6.80. The lowest BCUT2D eigenvalue weighted by Gasteiger charge is -2.23. The summed E-state index contributed by atoms with van der Waals surface area (Å²) in [5.41, 5.74) is 0.960. The average Bonchev–Trinajstić information content (AvgIpc) is 2.53. The number of methoxy groups -OCH3 is 1. The largest absolute Gasteiger partial charge is 0.496 e. The lowest BCUT2D eigenvalue weighted by Crippen LogP contribution is -2.34. The zero-order valence-corrected chi connectivity index (χ0v) is 15.2. The van der Waals surface area contributed by atoms with Crippen LogP contribution in [-0.4, -0.2) is 40.6 Å². The van der Waals surface area contributed by atoms with E-state index in [1.165, 1.54) is 11.8 Å². The Bertz CT molecular complexity index is 505. The van der Waals surface area contributed by atoms with E-state index in [0.717, 1.165) is 28.7 Å². The number of thioether (sulfide) groups is 1. The van der Waals surface area contributed by atoms with E-state index in [4.69, 9.17) is 17.0 Å². The third kappa shape index (κ3) is 5.50. The van der Waals surface area contributed by atoms with Crippen molar-refractivity contribution in [1.82, 2.24) is 10.2 Å². The number of nitrogens with zero attached hydrogens (tertiary/aromatic N) is 1. The zero-order chi connectivity index (χ0) is 16.5. The number of ether oxygens (including phenoxy) is 1. The first kappa shape index (κ1) is 18.8. The summed E-state index contributed by atoms with van der Waals surface area (Å²) in [7, 11) is 1.63. The summed E-state index contributed by atoms with van der Waals surface area (Å²) in [6.45, 7) is 8.16. The predicted molar refractivity (Wildman–Crippen MR) is 97.4 cm³/mol. The van der Waals surface area contributed by atoms with Gasteiger partial charge in [-0.05, 0) is 26.8 Å². The van der Waals surface area contributed by atoms with E-state index in [1.807, 2.05) is 31.2 Å². The Morgan fingerprint density at radius 2 is 2.00 bits per heavy atom. The maximum atomic E-state index is 12.2. The van der Waals surface area contributed by atoms with Crippen LogP contribution in [0.15, 0.2) is 24.3 Å². The smallest absolute Gasteiger partial charge is 0.233 e. The van der Waals surface area contributed by atoms with Crippen molar-refractivity contribution < 1.29 is 9.53 Å². The van der Waals surface area contributed by atoms with Crippen LogP contribution < -0.4 is 10.1 Å². The molecule has 1 amide bonds. The molecule has 0 unspecified atom stereocenters. The molecule has 1 aromatic carbocycles. The van der Waals surface area contributed by atoms with E-state index < -0.39 is 0 Å². The Morgan fingerprint density at radius 1 is 1.36 bits per heavy atom. The highest BCUT2D eigenvalue weighted by atomic mass is 32.2. The van der Waals surface area contributed by atoms with Crippen molar-refractivity contribution in [2.24, 2.45) is 0 Å². The van der Waals surface area contributed by atoms with E-state index in [1.54, 1.807) is 7.11 Å². The molecule has 0 saturated heterocycles. The molecule has 0 aliphatic rings. The minimum atomic E-state index is -0.220. The van der Waals surface area contributed by atoms with Crippen molar-refractivity contribution in [3.05, 3.63) is 29.8 Å². The Labute approximate surface area is 142 Å². The van der Waals surface area contributed by atoms with Gasteiger partial charge in [0.2, 0.25) is 5.91 Å². The number of rotatable bonds is 7. The number of para-hydroxylation sites is 1. The topological polar surface area (TPSA) is 41.6 Å². The van der Waals surface area contributed by atoms with Crippen molar-refractivity contribution >= 4 is 34.2 Å². The molecule has 0 bridgehead atoms. The number of amides is 1. The van der Waals surface area contributed by atoms with Crippen molar-refractivity contribution in [2.45, 2.75) is 32.6 Å². The molecular weight excluding hydrogens is 316 g/mol. The van der Waals surface area contributed by atoms with Gasteiger partial charge in [0.15, 0.2) is 0 Å². The van der Waals surface area contributed by atoms with Crippen LogP contribution in [0.25, 0.3) is 0 Å². The van der Waals surface area contributed by atoms with E-state index in [0.29, 0.717) is 6.54 Å². The van der Waals surface area contributed by atoms with Gasteiger partial charge in [0, 0.05) is 25.2 Å². The average molecular weight is 341 g/mol. The van der Waals surface area contributed by atoms with Crippen LogP contribution in [0, 0.1) is 0 Å². The van der Waals surface area contributed by atoms with Gasteiger partial charge >= 0.3 is 0 Å². The highest BCUT2D eigenvalue weighted by molar-refractivity contribution is 8.23. The van der Waals surface area contributed by atoms with Crippen molar-refractivity contribution in [1.29, 1.82) is 0 Å². The molecule has 1 N–H and O–H groups in total. The van der Waals surface area contributed by atoms with Crippen LogP contribution in [0.1, 0.15) is 26.3 Å². The van der Waals surface area contributed by atoms with Gasteiger partial charge in [0.05, 0.1) is 12.4 Å². The molecule has 0 fully saturated rings. The normalized spacial score (nSPS) is 11.6. The fraction of sp³-hybridized carbons (Fsp3) is 0.500. The maximum absolute atomic E-state index is 12.2. The third-order valence-electron chi connectivity index (χ3n) is 3.31. The fourth-order valence-corrected chi connectivity index (χ4v) is 3.53. The summed E-state index contributed by atoms with van der Waals surface area (Å²) < 4.78 is 6.05. The van der Waals surface area contributed by atoms with Gasteiger partial charge in [0.1, 0.15) is 10.1 Å². The Hall–Kier alpha value is -1.27. The highest BCUT2D eigenvalue weighted by Gasteiger charge is 2.18. The lowest BCUT2D eigenvalue weighted by atomic mass is 10.2. The molecule has 22 heavy (non-hydrogen) atoms. The third-order valence-corrected chi connectivity index (χ3v) is 4.89. The van der Waals surface area contributed by atoms with Crippen LogP contribution in [0.5, 0.6) is 5.75 Å². The molecule has 1 atom stereocenters. The second kappa shape index (κ2) is 9.69. The first-order valence-electron chi connectivity index (χ1n) is 7.38. The van der Waals surface area contributed by atoms with Gasteiger partial charge in [-0.3, -0.25) is 4.79 Å². The molecule has 0 aliphatic carbocycles.